The quantitative estimate of drug-likeness (QED) is 0.276. The van der Waals surface area contributed by atoms with Crippen molar-refractivity contribution in [3.05, 3.63) is 12.7 Å². The number of ether oxygens (including phenoxy) is 1. The minimum atomic E-state index is 0.650. The van der Waals surface area contributed by atoms with Gasteiger partial charge in [0.15, 0.2) is 0 Å². The predicted molar refractivity (Wildman–Crippen MR) is 54.6 cm³/mol. The second kappa shape index (κ2) is 17.2. The smallest absolute Gasteiger partial charge is 0.234 e. The highest BCUT2D eigenvalue weighted by Gasteiger charge is 1.79. The van der Waals surface area contributed by atoms with Gasteiger partial charge in [0.1, 0.15) is 0 Å². The van der Waals surface area contributed by atoms with Crippen molar-refractivity contribution in [1.29, 1.82) is 0 Å². The van der Waals surface area contributed by atoms with Gasteiger partial charge in [0, 0.05) is 7.11 Å². The van der Waals surface area contributed by atoms with E-state index in [0.29, 0.717) is 13.2 Å². The third-order valence-electron chi connectivity index (χ3n) is 1.22. The van der Waals surface area contributed by atoms with Crippen LogP contribution in [0.25, 0.3) is 0 Å². The lowest BCUT2D eigenvalue weighted by Gasteiger charge is -1.86. The van der Waals surface area contributed by atoms with Crippen LogP contribution < -0.4 is 0 Å². The lowest BCUT2D eigenvalue weighted by molar-refractivity contribution is 0.234. The molecule has 0 saturated heterocycles. The first kappa shape index (κ1) is 14.6. The van der Waals surface area contributed by atoms with E-state index < -0.39 is 0 Å². The Bertz CT molecular complexity index is 140. The van der Waals surface area contributed by atoms with Crippen LogP contribution in [-0.4, -0.2) is 26.3 Å². The van der Waals surface area contributed by atoms with Crippen molar-refractivity contribution < 1.29 is 9.53 Å². The molecule has 0 aliphatic heterocycles. The highest BCUT2D eigenvalue weighted by Crippen LogP contribution is 1.91. The summed E-state index contributed by atoms with van der Waals surface area (Å²) in [4.78, 5) is 12.9. The molecule has 3 nitrogen and oxygen atoms in total. The van der Waals surface area contributed by atoms with Crippen molar-refractivity contribution in [2.24, 2.45) is 4.99 Å². The molecule has 0 spiro atoms. The first-order chi connectivity index (χ1) is 6.33. The second-order valence-electron chi connectivity index (χ2n) is 2.42. The van der Waals surface area contributed by atoms with Gasteiger partial charge in [0.05, 0.1) is 13.2 Å². The van der Waals surface area contributed by atoms with Gasteiger partial charge >= 0.3 is 0 Å². The molecule has 0 aromatic heterocycles. The number of carbonyl (C=O) groups excluding carboxylic acids is 1. The second-order valence-corrected chi connectivity index (χ2v) is 2.42. The molecule has 0 N–H and O–H groups in total. The van der Waals surface area contributed by atoms with Crippen LogP contribution in [0.1, 0.15) is 26.2 Å². The van der Waals surface area contributed by atoms with Crippen LogP contribution in [0.5, 0.6) is 0 Å². The molecule has 13 heavy (non-hydrogen) atoms. The molecule has 0 rings (SSSR count). The summed E-state index contributed by atoms with van der Waals surface area (Å²) in [6, 6.07) is 0. The van der Waals surface area contributed by atoms with Crippen LogP contribution in [0.3, 0.4) is 0 Å². The lowest BCUT2D eigenvalue weighted by Crippen LogP contribution is -1.77. The number of hydrogen-bond donors (Lipinski definition) is 0. The van der Waals surface area contributed by atoms with Crippen molar-refractivity contribution in [2.75, 3.05) is 20.3 Å². The topological polar surface area (TPSA) is 38.7 Å². The van der Waals surface area contributed by atoms with E-state index in [1.165, 1.54) is 12.5 Å². The number of methoxy groups -OCH3 is 1. The third kappa shape index (κ3) is 24.7. The van der Waals surface area contributed by atoms with Gasteiger partial charge in [-0.2, -0.15) is 0 Å². The molecular weight excluding hydrogens is 166 g/mol. The van der Waals surface area contributed by atoms with Gasteiger partial charge < -0.3 is 4.74 Å². The highest BCUT2D eigenvalue weighted by molar-refractivity contribution is 5.32. The monoisotopic (exact) mass is 185 g/mol. The molecule has 76 valence electrons. The van der Waals surface area contributed by atoms with Crippen LogP contribution in [0.2, 0.25) is 0 Å². The summed E-state index contributed by atoms with van der Waals surface area (Å²) in [5.74, 6) is 0. The van der Waals surface area contributed by atoms with Gasteiger partial charge in [-0.05, 0) is 6.42 Å². The first-order valence-electron chi connectivity index (χ1n) is 4.46. The summed E-state index contributed by atoms with van der Waals surface area (Å²) in [5.41, 5.74) is 0. The summed E-state index contributed by atoms with van der Waals surface area (Å²) < 4.78 is 4.57. The zero-order chi connectivity index (χ0) is 10.4. The number of hydrogen-bond acceptors (Lipinski definition) is 3. The van der Waals surface area contributed by atoms with E-state index in [9.17, 15) is 4.79 Å². The Morgan fingerprint density at radius 1 is 1.54 bits per heavy atom. The molecule has 0 aliphatic rings. The van der Waals surface area contributed by atoms with Crippen molar-refractivity contribution in [1.82, 2.24) is 0 Å². The molecule has 0 unspecified atom stereocenters. The van der Waals surface area contributed by atoms with Crippen molar-refractivity contribution >= 4 is 6.08 Å². The maximum absolute atomic E-state index is 9.48. The van der Waals surface area contributed by atoms with Crippen molar-refractivity contribution in [3.63, 3.8) is 0 Å². The Morgan fingerprint density at radius 2 is 2.23 bits per heavy atom. The third-order valence-corrected chi connectivity index (χ3v) is 1.22. The largest absolute Gasteiger partial charge is 0.381 e. The predicted octanol–water partition coefficient (Wildman–Crippen LogP) is 2.33. The normalized spacial score (nSPS) is 7.85. The maximum Gasteiger partial charge on any atom is 0.234 e. The zero-order valence-corrected chi connectivity index (χ0v) is 8.58. The van der Waals surface area contributed by atoms with Gasteiger partial charge in [-0.15, -0.1) is 6.58 Å². The summed E-state index contributed by atoms with van der Waals surface area (Å²) in [6.45, 7) is 6.84. The molecule has 0 amide bonds. The molecule has 0 aromatic carbocycles. The van der Waals surface area contributed by atoms with Gasteiger partial charge in [-0.3, -0.25) is 0 Å². The fourth-order valence-corrected chi connectivity index (χ4v) is 0.604. The summed E-state index contributed by atoms with van der Waals surface area (Å²) >= 11 is 0. The number of unbranched alkanes of at least 4 members (excludes halogenated alkanes) is 2. The average Bonchev–Trinajstić information content (AvgIpc) is 2.15. The van der Waals surface area contributed by atoms with E-state index in [1.807, 2.05) is 0 Å². The van der Waals surface area contributed by atoms with Crippen molar-refractivity contribution in [3.8, 4) is 0 Å². The Morgan fingerprint density at radius 3 is 2.54 bits per heavy atom. The first-order valence-corrected chi connectivity index (χ1v) is 4.46. The molecule has 3 heteroatoms. The van der Waals surface area contributed by atoms with Crippen molar-refractivity contribution in [2.45, 2.75) is 26.2 Å². The van der Waals surface area contributed by atoms with Gasteiger partial charge in [-0.1, -0.05) is 25.8 Å². The van der Waals surface area contributed by atoms with E-state index in [-0.39, 0.29) is 0 Å². The Hall–Kier alpha value is -0.920. The molecule has 0 radical (unpaired) electrons. The summed E-state index contributed by atoms with van der Waals surface area (Å²) in [6.07, 6.45) is 6.56. The van der Waals surface area contributed by atoms with Crippen LogP contribution >= 0.6 is 0 Å². The Kier molecular flexibility index (Phi) is 19.4. The van der Waals surface area contributed by atoms with Gasteiger partial charge in [0.25, 0.3) is 0 Å². The van der Waals surface area contributed by atoms with E-state index >= 15 is 0 Å². The molecule has 0 saturated carbocycles. The van der Waals surface area contributed by atoms with E-state index in [0.717, 1.165) is 12.8 Å². The molecule has 0 aliphatic carbocycles. The molecule has 0 heterocycles. The maximum atomic E-state index is 9.48. The van der Waals surface area contributed by atoms with Crippen LogP contribution in [0.4, 0.5) is 0 Å². The van der Waals surface area contributed by atoms with E-state index in [1.54, 1.807) is 13.2 Å². The molecular formula is C10H19NO2. The van der Waals surface area contributed by atoms with Gasteiger partial charge in [0.2, 0.25) is 6.08 Å². The standard InChI is InChI=1S/C6H11NO.C4H8O/c1-2-3-4-5-7-6-8;1-3-4-5-2/h2-5H2,1H3;3H,1,4H2,2H3. The SMILES string of the molecule is C=CCOC.CCCCCN=C=O. The number of isocyanates is 1. The Labute approximate surface area is 80.5 Å². The minimum absolute atomic E-state index is 0.650. The van der Waals surface area contributed by atoms with Crippen LogP contribution in [0, 0.1) is 0 Å². The fraction of sp³-hybridized carbons (Fsp3) is 0.700. The summed E-state index contributed by atoms with van der Waals surface area (Å²) in [7, 11) is 1.64. The average molecular weight is 185 g/mol. The highest BCUT2D eigenvalue weighted by atomic mass is 16.5. The van der Waals surface area contributed by atoms with E-state index in [2.05, 4.69) is 23.2 Å². The van der Waals surface area contributed by atoms with Crippen LogP contribution in [-0.2, 0) is 9.53 Å². The number of nitrogens with zero attached hydrogens (tertiary/aromatic N) is 1. The lowest BCUT2D eigenvalue weighted by atomic mass is 10.3. The Balaban J connectivity index is 0. The van der Waals surface area contributed by atoms with Crippen LogP contribution in [0.15, 0.2) is 17.6 Å². The molecule has 0 fully saturated rings. The molecule has 0 bridgehead atoms. The number of aliphatic imine (C=N–C) groups is 1. The molecule has 0 atom stereocenters. The minimum Gasteiger partial charge on any atom is -0.381 e. The van der Waals surface area contributed by atoms with E-state index in [4.69, 9.17) is 0 Å². The summed E-state index contributed by atoms with van der Waals surface area (Å²) in [5, 5.41) is 0. The zero-order valence-electron chi connectivity index (χ0n) is 8.58. The fourth-order valence-electron chi connectivity index (χ4n) is 0.604. The van der Waals surface area contributed by atoms with Gasteiger partial charge in [-0.25, -0.2) is 9.79 Å². The molecule has 0 aromatic rings. The number of rotatable bonds is 6.